The third kappa shape index (κ3) is 8.17. The van der Waals surface area contributed by atoms with Crippen LogP contribution in [0, 0.1) is 0 Å². The molecule has 6 rings (SSSR count). The van der Waals surface area contributed by atoms with Crippen LogP contribution in [-0.4, -0.2) is 43.4 Å². The summed E-state index contributed by atoms with van der Waals surface area (Å²) < 4.78 is 80.1. The van der Waals surface area contributed by atoms with E-state index in [2.05, 4.69) is 9.29 Å². The monoisotopic (exact) mass is 746 g/mol. The average Bonchev–Trinajstić information content (AvgIpc) is 3.40. The first kappa shape index (κ1) is 36.7. The number of alkyl halides is 3. The number of carboxylic acid groups (broad SMARTS) is 1. The lowest BCUT2D eigenvalue weighted by Gasteiger charge is -2.25. The van der Waals surface area contributed by atoms with Gasteiger partial charge in [-0.2, -0.15) is 13.2 Å². The number of ether oxygens (including phenoxy) is 1. The van der Waals surface area contributed by atoms with E-state index in [1.165, 1.54) is 30.3 Å². The molecule has 0 amide bonds. The first-order valence-electron chi connectivity index (χ1n) is 16.4. The van der Waals surface area contributed by atoms with E-state index in [4.69, 9.17) is 16.3 Å². The van der Waals surface area contributed by atoms with Crippen LogP contribution in [0.1, 0.15) is 49.6 Å². The minimum Gasteiger partial charge on any atom is -0.493 e. The highest BCUT2D eigenvalue weighted by Crippen LogP contribution is 2.40. The molecule has 2 N–H and O–H groups in total. The largest absolute Gasteiger partial charge is 0.493 e. The number of aromatic carboxylic acids is 1. The first-order valence-corrected chi connectivity index (χ1v) is 18.3. The van der Waals surface area contributed by atoms with Crippen molar-refractivity contribution in [2.75, 3.05) is 13.2 Å². The number of fused-ring (bicyclic) bond motifs is 1. The van der Waals surface area contributed by atoms with Crippen LogP contribution in [0.3, 0.4) is 0 Å². The highest BCUT2D eigenvalue weighted by molar-refractivity contribution is 7.89. The predicted molar refractivity (Wildman–Crippen MR) is 196 cm³/mol. The maximum atomic E-state index is 14.3. The van der Waals surface area contributed by atoms with Crippen LogP contribution >= 0.6 is 11.6 Å². The summed E-state index contributed by atoms with van der Waals surface area (Å²) in [5.74, 6) is -0.611. The molecule has 0 aliphatic heterocycles. The normalized spacial score (nSPS) is 12.6. The van der Waals surface area contributed by atoms with Gasteiger partial charge in [-0.3, -0.25) is 0 Å². The van der Waals surface area contributed by atoms with Crippen molar-refractivity contribution >= 4 is 38.5 Å². The molecule has 52 heavy (non-hydrogen) atoms. The molecule has 0 spiro atoms. The predicted octanol–water partition coefficient (Wildman–Crippen LogP) is 9.02. The summed E-state index contributed by atoms with van der Waals surface area (Å²) in [6, 6.07) is 37.1. The fourth-order valence-electron chi connectivity index (χ4n) is 6.54. The molecule has 0 fully saturated rings. The molecular weight excluding hydrogens is 713 g/mol. The number of halogens is 4. The fourth-order valence-corrected chi connectivity index (χ4v) is 8.14. The van der Waals surface area contributed by atoms with E-state index < -0.39 is 33.5 Å². The van der Waals surface area contributed by atoms with Crippen LogP contribution in [0.15, 0.2) is 133 Å². The molecule has 12 heteroatoms. The third-order valence-corrected chi connectivity index (χ3v) is 10.8. The van der Waals surface area contributed by atoms with Gasteiger partial charge in [0, 0.05) is 41.0 Å². The Bertz CT molecular complexity index is 2210. The molecular formula is C40H34ClF3N2O5S. The topological polar surface area (TPSA) is 97.6 Å². The number of nitrogens with one attached hydrogen (secondary N) is 1. The lowest BCUT2D eigenvalue weighted by molar-refractivity contribution is -0.131. The van der Waals surface area contributed by atoms with E-state index in [-0.39, 0.29) is 30.7 Å². The molecule has 1 aromatic heterocycles. The van der Waals surface area contributed by atoms with Gasteiger partial charge in [-0.15, -0.1) is 0 Å². The van der Waals surface area contributed by atoms with Crippen molar-refractivity contribution in [3.63, 3.8) is 0 Å². The number of nitrogens with zero attached hydrogens (tertiary/aromatic N) is 1. The van der Waals surface area contributed by atoms with Crippen LogP contribution < -0.4 is 9.46 Å². The minimum absolute atomic E-state index is 0.0315. The summed E-state index contributed by atoms with van der Waals surface area (Å²) in [6.45, 7) is -0.172. The van der Waals surface area contributed by atoms with E-state index in [0.717, 1.165) is 39.7 Å². The van der Waals surface area contributed by atoms with Gasteiger partial charge in [0.15, 0.2) is 5.25 Å². The van der Waals surface area contributed by atoms with Crippen LogP contribution in [-0.2, 0) is 22.9 Å². The summed E-state index contributed by atoms with van der Waals surface area (Å²) in [5.41, 5.74) is 3.86. The number of carbonyl (C=O) groups is 1. The molecule has 0 aliphatic carbocycles. The van der Waals surface area contributed by atoms with Crippen molar-refractivity contribution in [3.05, 3.63) is 172 Å². The standard InChI is InChI=1S/C40H34ClF3N2O5S/c41-31-18-21-35-34(26-31)33(23-25-51-32-19-16-30(17-20-32)39(47)48)36(46(35)37(27-10-4-1-5-11-27)28-12-6-2-7-13-28)22-24-45-52(49,50)38(40(42,43)44)29-14-8-3-9-15-29/h1-21,26,37-38,45H,22-25H2,(H,47,48). The van der Waals surface area contributed by atoms with Crippen LogP contribution in [0.4, 0.5) is 13.2 Å². The molecule has 1 atom stereocenters. The Hall–Kier alpha value is -5.10. The molecule has 0 aliphatic rings. The molecule has 0 saturated carbocycles. The van der Waals surface area contributed by atoms with E-state index in [1.54, 1.807) is 18.2 Å². The second kappa shape index (κ2) is 15.6. The first-order chi connectivity index (χ1) is 24.9. The zero-order chi connectivity index (χ0) is 36.9. The van der Waals surface area contributed by atoms with Crippen LogP contribution in [0.5, 0.6) is 5.75 Å². The molecule has 0 saturated heterocycles. The summed E-state index contributed by atoms with van der Waals surface area (Å²) >= 11 is 6.55. The fraction of sp³-hybridized carbons (Fsp3) is 0.175. The number of hydrogen-bond acceptors (Lipinski definition) is 4. The molecule has 7 nitrogen and oxygen atoms in total. The molecule has 1 unspecified atom stereocenters. The number of benzene rings is 5. The lowest BCUT2D eigenvalue weighted by Crippen LogP contribution is -2.38. The zero-order valence-electron chi connectivity index (χ0n) is 27.6. The summed E-state index contributed by atoms with van der Waals surface area (Å²) in [6.07, 6.45) is -4.71. The number of carboxylic acids is 1. The van der Waals surface area contributed by atoms with Gasteiger partial charge in [0.2, 0.25) is 10.0 Å². The Morgan fingerprint density at radius 2 is 1.35 bits per heavy atom. The van der Waals surface area contributed by atoms with Crippen molar-refractivity contribution < 1.29 is 36.2 Å². The molecule has 0 bridgehead atoms. The van der Waals surface area contributed by atoms with E-state index >= 15 is 0 Å². The van der Waals surface area contributed by atoms with E-state index in [0.29, 0.717) is 22.9 Å². The molecule has 5 aromatic carbocycles. The van der Waals surface area contributed by atoms with Crippen molar-refractivity contribution in [1.29, 1.82) is 0 Å². The minimum atomic E-state index is -5.06. The van der Waals surface area contributed by atoms with E-state index in [1.807, 2.05) is 72.8 Å². The van der Waals surface area contributed by atoms with Gasteiger partial charge in [0.1, 0.15) is 5.75 Å². The maximum Gasteiger partial charge on any atom is 0.410 e. The summed E-state index contributed by atoms with van der Waals surface area (Å²) in [4.78, 5) is 11.3. The Morgan fingerprint density at radius 3 is 1.88 bits per heavy atom. The Balaban J connectivity index is 1.43. The second-order valence-electron chi connectivity index (χ2n) is 12.1. The van der Waals surface area contributed by atoms with E-state index in [9.17, 15) is 31.5 Å². The van der Waals surface area contributed by atoms with Gasteiger partial charge >= 0.3 is 12.1 Å². The quantitative estimate of drug-likeness (QED) is 0.116. The smallest absolute Gasteiger partial charge is 0.410 e. The van der Waals surface area contributed by atoms with Crippen molar-refractivity contribution in [2.45, 2.75) is 30.3 Å². The summed E-state index contributed by atoms with van der Waals surface area (Å²) in [5, 5.41) is 7.76. The van der Waals surface area contributed by atoms with Crippen LogP contribution in [0.25, 0.3) is 10.9 Å². The maximum absolute atomic E-state index is 14.3. The summed E-state index contributed by atoms with van der Waals surface area (Å²) in [7, 11) is -4.92. The molecule has 0 radical (unpaired) electrons. The number of hydrogen-bond donors (Lipinski definition) is 2. The Morgan fingerprint density at radius 1 is 0.788 bits per heavy atom. The average molecular weight is 747 g/mol. The van der Waals surface area contributed by atoms with Gasteiger partial charge < -0.3 is 14.4 Å². The third-order valence-electron chi connectivity index (χ3n) is 8.77. The van der Waals surface area contributed by atoms with Gasteiger partial charge in [-0.1, -0.05) is 103 Å². The molecule has 268 valence electrons. The number of rotatable bonds is 14. The van der Waals surface area contributed by atoms with Gasteiger partial charge in [0.05, 0.1) is 18.2 Å². The lowest BCUT2D eigenvalue weighted by atomic mass is 9.97. The zero-order valence-corrected chi connectivity index (χ0v) is 29.2. The highest BCUT2D eigenvalue weighted by atomic mass is 35.5. The SMILES string of the molecule is O=C(O)c1ccc(OCCc2c(CCNS(=O)(=O)C(c3ccccc3)C(F)(F)F)n(C(c3ccccc3)c3ccccc3)c3ccc(Cl)cc23)cc1. The highest BCUT2D eigenvalue weighted by Gasteiger charge is 2.49. The van der Waals surface area contributed by atoms with Crippen LogP contribution in [0.2, 0.25) is 5.02 Å². The van der Waals surface area contributed by atoms with Gasteiger partial charge in [-0.25, -0.2) is 17.9 Å². The second-order valence-corrected chi connectivity index (χ2v) is 14.4. The van der Waals surface area contributed by atoms with Gasteiger partial charge in [0.25, 0.3) is 0 Å². The number of sulfonamides is 1. The molecule has 1 heterocycles. The van der Waals surface area contributed by atoms with Crippen molar-refractivity contribution in [3.8, 4) is 5.75 Å². The Labute approximate surface area is 304 Å². The van der Waals surface area contributed by atoms with Gasteiger partial charge in [-0.05, 0) is 64.7 Å². The Kier molecular flexibility index (Phi) is 11.0. The van der Waals surface area contributed by atoms with Crippen molar-refractivity contribution in [1.82, 2.24) is 9.29 Å². The molecule has 6 aromatic rings. The number of aromatic nitrogens is 1. The van der Waals surface area contributed by atoms with Crippen molar-refractivity contribution in [2.24, 2.45) is 0 Å².